The van der Waals surface area contributed by atoms with Crippen LogP contribution in [0.2, 0.25) is 0 Å². The van der Waals surface area contributed by atoms with Crippen LogP contribution in [-0.2, 0) is 0 Å². The summed E-state index contributed by atoms with van der Waals surface area (Å²) in [5.41, 5.74) is 8.41. The molecule has 1 aliphatic carbocycles. The molecule has 3 unspecified atom stereocenters. The Balaban J connectivity index is 2.20. The molecule has 18 heavy (non-hydrogen) atoms. The first-order valence-electron chi connectivity index (χ1n) is 7.05. The predicted molar refractivity (Wildman–Crippen MR) is 76.3 cm³/mol. The van der Waals surface area contributed by atoms with Crippen LogP contribution in [0.3, 0.4) is 0 Å². The Morgan fingerprint density at radius 3 is 2.89 bits per heavy atom. The zero-order chi connectivity index (χ0) is 13.1. The largest absolute Gasteiger partial charge is 0.383 e. The Kier molecular flexibility index (Phi) is 4.23. The Morgan fingerprint density at radius 2 is 2.28 bits per heavy atom. The van der Waals surface area contributed by atoms with Crippen LogP contribution in [0.1, 0.15) is 49.8 Å². The lowest BCUT2D eigenvalue weighted by atomic mass is 9.90. The fourth-order valence-electron chi connectivity index (χ4n) is 3.28. The minimum Gasteiger partial charge on any atom is -0.383 e. The van der Waals surface area contributed by atoms with Crippen molar-refractivity contribution < 1.29 is 0 Å². The fourth-order valence-corrected chi connectivity index (χ4v) is 3.28. The molecule has 1 saturated carbocycles. The summed E-state index contributed by atoms with van der Waals surface area (Å²) < 4.78 is 0. The quantitative estimate of drug-likeness (QED) is 0.859. The average molecular weight is 247 g/mol. The molecule has 0 bridgehead atoms. The monoisotopic (exact) mass is 247 g/mol. The lowest BCUT2D eigenvalue weighted by Gasteiger charge is -2.25. The highest BCUT2D eigenvalue weighted by Gasteiger charge is 2.31. The van der Waals surface area contributed by atoms with E-state index in [-0.39, 0.29) is 0 Å². The molecular formula is C15H25N3. The van der Waals surface area contributed by atoms with E-state index in [0.717, 1.165) is 5.92 Å². The number of nitrogen functional groups attached to an aromatic ring is 1. The lowest BCUT2D eigenvalue weighted by Crippen LogP contribution is -2.25. The van der Waals surface area contributed by atoms with Crippen molar-refractivity contribution in [1.29, 1.82) is 0 Å². The Hall–Kier alpha value is -1.09. The van der Waals surface area contributed by atoms with Crippen LogP contribution >= 0.6 is 0 Å². The molecule has 3 atom stereocenters. The summed E-state index contributed by atoms with van der Waals surface area (Å²) in [5.74, 6) is 2.27. The molecule has 100 valence electrons. The van der Waals surface area contributed by atoms with Crippen molar-refractivity contribution in [3.05, 3.63) is 23.4 Å². The van der Waals surface area contributed by atoms with Crippen molar-refractivity contribution in [1.82, 2.24) is 10.3 Å². The summed E-state index contributed by atoms with van der Waals surface area (Å²) in [7, 11) is 2.03. The molecule has 1 heterocycles. The minimum atomic E-state index is 0.356. The molecule has 1 fully saturated rings. The molecule has 1 aromatic heterocycles. The summed E-state index contributed by atoms with van der Waals surface area (Å²) in [6.07, 6.45) is 7.12. The van der Waals surface area contributed by atoms with E-state index in [1.807, 2.05) is 13.2 Å². The normalized spacial score (nSPS) is 25.3. The maximum absolute atomic E-state index is 6.05. The highest BCUT2D eigenvalue weighted by atomic mass is 14.9. The molecule has 1 aliphatic rings. The van der Waals surface area contributed by atoms with Gasteiger partial charge < -0.3 is 11.1 Å². The Morgan fingerprint density at radius 1 is 1.50 bits per heavy atom. The van der Waals surface area contributed by atoms with Gasteiger partial charge >= 0.3 is 0 Å². The van der Waals surface area contributed by atoms with Gasteiger partial charge in [-0.2, -0.15) is 0 Å². The molecule has 3 N–H and O–H groups in total. The van der Waals surface area contributed by atoms with E-state index in [2.05, 4.69) is 30.2 Å². The smallest absolute Gasteiger partial charge is 0.128 e. The van der Waals surface area contributed by atoms with Crippen molar-refractivity contribution in [3.8, 4) is 0 Å². The number of rotatable bonds is 4. The van der Waals surface area contributed by atoms with Gasteiger partial charge in [0.2, 0.25) is 0 Å². The van der Waals surface area contributed by atoms with E-state index in [4.69, 9.17) is 5.73 Å². The van der Waals surface area contributed by atoms with Gasteiger partial charge in [0, 0.05) is 17.8 Å². The topological polar surface area (TPSA) is 50.9 Å². The van der Waals surface area contributed by atoms with E-state index < -0.39 is 0 Å². The Labute approximate surface area is 110 Å². The second-order valence-electron chi connectivity index (χ2n) is 5.60. The number of hydrogen-bond acceptors (Lipinski definition) is 3. The van der Waals surface area contributed by atoms with Crippen molar-refractivity contribution in [2.24, 2.45) is 11.8 Å². The standard InChI is InChI=1S/C15H25N3/c1-4-11-5-6-12(8-11)14(17-3)13-7-10(2)9-18-15(13)16/h7,9,11-12,14,17H,4-6,8H2,1-3H3,(H2,16,18). The second-order valence-corrected chi connectivity index (χ2v) is 5.60. The first-order valence-corrected chi connectivity index (χ1v) is 7.05. The van der Waals surface area contributed by atoms with Gasteiger partial charge in [-0.15, -0.1) is 0 Å². The van der Waals surface area contributed by atoms with Gasteiger partial charge in [-0.25, -0.2) is 4.98 Å². The maximum atomic E-state index is 6.05. The second kappa shape index (κ2) is 5.70. The van der Waals surface area contributed by atoms with Crippen molar-refractivity contribution in [2.75, 3.05) is 12.8 Å². The number of nitrogens with zero attached hydrogens (tertiary/aromatic N) is 1. The van der Waals surface area contributed by atoms with E-state index in [0.29, 0.717) is 17.8 Å². The fraction of sp³-hybridized carbons (Fsp3) is 0.667. The van der Waals surface area contributed by atoms with Crippen LogP contribution in [0.15, 0.2) is 12.3 Å². The minimum absolute atomic E-state index is 0.356. The summed E-state index contributed by atoms with van der Waals surface area (Å²) in [4.78, 5) is 4.30. The van der Waals surface area contributed by atoms with Crippen LogP contribution in [0.5, 0.6) is 0 Å². The first kappa shape index (κ1) is 13.3. The summed E-state index contributed by atoms with van der Waals surface area (Å²) >= 11 is 0. The SMILES string of the molecule is CCC1CCC(C(NC)c2cc(C)cnc2N)C1. The number of aromatic nitrogens is 1. The van der Waals surface area contributed by atoms with E-state index >= 15 is 0 Å². The molecule has 2 rings (SSSR count). The number of anilines is 1. The summed E-state index contributed by atoms with van der Waals surface area (Å²) in [6, 6.07) is 2.54. The molecule has 3 nitrogen and oxygen atoms in total. The molecule has 0 amide bonds. The highest BCUT2D eigenvalue weighted by molar-refractivity contribution is 5.43. The number of nitrogens with one attached hydrogen (secondary N) is 1. The molecule has 0 spiro atoms. The summed E-state index contributed by atoms with van der Waals surface area (Å²) in [6.45, 7) is 4.37. The number of pyridine rings is 1. The molecule has 1 aromatic rings. The molecule has 0 aliphatic heterocycles. The van der Waals surface area contributed by atoms with Gasteiger partial charge in [0.15, 0.2) is 0 Å². The molecule has 0 aromatic carbocycles. The van der Waals surface area contributed by atoms with Crippen LogP contribution in [0.25, 0.3) is 0 Å². The third-order valence-corrected chi connectivity index (χ3v) is 4.36. The van der Waals surface area contributed by atoms with Crippen molar-refractivity contribution >= 4 is 5.82 Å². The van der Waals surface area contributed by atoms with Gasteiger partial charge in [0.1, 0.15) is 5.82 Å². The number of hydrogen-bond donors (Lipinski definition) is 2. The molecule has 3 heteroatoms. The average Bonchev–Trinajstić information content (AvgIpc) is 2.83. The van der Waals surface area contributed by atoms with Gasteiger partial charge in [0.05, 0.1) is 0 Å². The van der Waals surface area contributed by atoms with E-state index in [9.17, 15) is 0 Å². The number of aryl methyl sites for hydroxylation is 1. The van der Waals surface area contributed by atoms with Gasteiger partial charge in [-0.05, 0) is 50.3 Å². The first-order chi connectivity index (χ1) is 8.65. The van der Waals surface area contributed by atoms with Crippen molar-refractivity contribution in [3.63, 3.8) is 0 Å². The molecule has 0 saturated heterocycles. The molecule has 0 radical (unpaired) electrons. The maximum Gasteiger partial charge on any atom is 0.128 e. The van der Waals surface area contributed by atoms with Gasteiger partial charge in [-0.3, -0.25) is 0 Å². The molecular weight excluding hydrogens is 222 g/mol. The van der Waals surface area contributed by atoms with Crippen LogP contribution in [0, 0.1) is 18.8 Å². The third kappa shape index (κ3) is 2.66. The zero-order valence-corrected chi connectivity index (χ0v) is 11.7. The zero-order valence-electron chi connectivity index (χ0n) is 11.7. The van der Waals surface area contributed by atoms with Crippen LogP contribution < -0.4 is 11.1 Å². The van der Waals surface area contributed by atoms with Gasteiger partial charge in [-0.1, -0.05) is 19.8 Å². The number of nitrogens with two attached hydrogens (primary N) is 1. The van der Waals surface area contributed by atoms with E-state index in [1.165, 1.54) is 36.8 Å². The van der Waals surface area contributed by atoms with Crippen LogP contribution in [-0.4, -0.2) is 12.0 Å². The predicted octanol–water partition coefficient (Wildman–Crippen LogP) is 3.06. The van der Waals surface area contributed by atoms with Crippen molar-refractivity contribution in [2.45, 2.75) is 45.6 Å². The summed E-state index contributed by atoms with van der Waals surface area (Å²) in [5, 5.41) is 3.45. The third-order valence-electron chi connectivity index (χ3n) is 4.36. The van der Waals surface area contributed by atoms with Crippen LogP contribution in [0.4, 0.5) is 5.82 Å². The van der Waals surface area contributed by atoms with Gasteiger partial charge in [0.25, 0.3) is 0 Å². The highest BCUT2D eigenvalue weighted by Crippen LogP contribution is 2.41. The van der Waals surface area contributed by atoms with E-state index in [1.54, 1.807) is 0 Å². The lowest BCUT2D eigenvalue weighted by molar-refractivity contribution is 0.373. The Bertz CT molecular complexity index is 403.